The predicted molar refractivity (Wildman–Crippen MR) is 101 cm³/mol. The smallest absolute Gasteiger partial charge is 0.136 e. The van der Waals surface area contributed by atoms with Gasteiger partial charge in [-0.25, -0.2) is 9.97 Å². The minimum atomic E-state index is 0.436. The van der Waals surface area contributed by atoms with Crippen LogP contribution in [-0.2, 0) is 0 Å². The van der Waals surface area contributed by atoms with Gasteiger partial charge in [0, 0.05) is 30.5 Å². The van der Waals surface area contributed by atoms with E-state index < -0.39 is 0 Å². The van der Waals surface area contributed by atoms with Crippen LogP contribution in [0.15, 0.2) is 30.3 Å². The van der Waals surface area contributed by atoms with Gasteiger partial charge in [0.15, 0.2) is 0 Å². The molecule has 0 amide bonds. The molecule has 130 valence electrons. The van der Waals surface area contributed by atoms with Crippen molar-refractivity contribution in [2.24, 2.45) is 0 Å². The Morgan fingerprint density at radius 3 is 2.72 bits per heavy atom. The third kappa shape index (κ3) is 2.59. The molecule has 2 bridgehead atoms. The Morgan fingerprint density at radius 1 is 1.16 bits per heavy atom. The summed E-state index contributed by atoms with van der Waals surface area (Å²) in [6.45, 7) is 5.51. The lowest BCUT2D eigenvalue weighted by molar-refractivity contribution is 0.719. The average molecular weight is 334 g/mol. The summed E-state index contributed by atoms with van der Waals surface area (Å²) < 4.78 is 0. The summed E-state index contributed by atoms with van der Waals surface area (Å²) in [5.41, 5.74) is 3.06. The van der Waals surface area contributed by atoms with E-state index in [0.717, 1.165) is 30.4 Å². The van der Waals surface area contributed by atoms with Crippen LogP contribution in [0, 0.1) is 0 Å². The topological polar surface area (TPSA) is 41.0 Å². The van der Waals surface area contributed by atoms with Crippen LogP contribution >= 0.6 is 0 Å². The summed E-state index contributed by atoms with van der Waals surface area (Å²) in [6.07, 6.45) is 4.80. The first kappa shape index (κ1) is 15.2. The van der Waals surface area contributed by atoms with E-state index in [4.69, 9.17) is 9.97 Å². The highest BCUT2D eigenvalue weighted by Gasteiger charge is 2.43. The Labute approximate surface area is 149 Å². The van der Waals surface area contributed by atoms with E-state index in [-0.39, 0.29) is 0 Å². The van der Waals surface area contributed by atoms with Gasteiger partial charge in [-0.05, 0) is 43.7 Å². The predicted octanol–water partition coefficient (Wildman–Crippen LogP) is 4.61. The molecule has 1 saturated heterocycles. The molecule has 5 rings (SSSR count). The van der Waals surface area contributed by atoms with Crippen molar-refractivity contribution in [2.45, 2.75) is 63.5 Å². The average Bonchev–Trinajstić information content (AvgIpc) is 3.32. The van der Waals surface area contributed by atoms with Gasteiger partial charge in [0.2, 0.25) is 0 Å². The second-order valence-corrected chi connectivity index (χ2v) is 7.93. The lowest BCUT2D eigenvalue weighted by Crippen LogP contribution is -2.28. The first-order chi connectivity index (χ1) is 12.2. The van der Waals surface area contributed by atoms with Gasteiger partial charge in [0.1, 0.15) is 17.5 Å². The molecule has 3 atom stereocenters. The summed E-state index contributed by atoms with van der Waals surface area (Å²) in [5, 5.41) is 3.56. The standard InChI is InChI=1S/C21H26N4/c1-3-13(2)22-19-11-20(24-21(23-19)14-8-9-14)25-12-15-10-18(25)17-7-5-4-6-16(15)17/h4-7,11,13-15,18H,3,8-10,12H2,1-2H3,(H,22,23,24)/t13-,15+,18-/m0/s1. The van der Waals surface area contributed by atoms with Crippen molar-refractivity contribution in [1.29, 1.82) is 0 Å². The van der Waals surface area contributed by atoms with Crippen molar-refractivity contribution >= 4 is 11.6 Å². The third-order valence-electron chi connectivity index (χ3n) is 6.07. The minimum Gasteiger partial charge on any atom is -0.367 e. The number of aromatic nitrogens is 2. The molecular formula is C21H26N4. The van der Waals surface area contributed by atoms with Gasteiger partial charge in [-0.15, -0.1) is 0 Å². The van der Waals surface area contributed by atoms with Gasteiger partial charge in [0.05, 0.1) is 6.04 Å². The number of nitrogens with one attached hydrogen (secondary N) is 1. The molecule has 1 aromatic carbocycles. The van der Waals surface area contributed by atoms with E-state index in [0.29, 0.717) is 23.9 Å². The Kier molecular flexibility index (Phi) is 3.47. The Balaban J connectivity index is 1.50. The molecule has 2 aromatic rings. The van der Waals surface area contributed by atoms with Crippen LogP contribution < -0.4 is 10.2 Å². The Morgan fingerprint density at radius 2 is 1.96 bits per heavy atom. The number of anilines is 2. The zero-order valence-corrected chi connectivity index (χ0v) is 15.1. The van der Waals surface area contributed by atoms with Crippen molar-refractivity contribution in [2.75, 3.05) is 16.8 Å². The fraction of sp³-hybridized carbons (Fsp3) is 0.524. The molecule has 2 heterocycles. The maximum atomic E-state index is 4.98. The van der Waals surface area contributed by atoms with Gasteiger partial charge >= 0.3 is 0 Å². The van der Waals surface area contributed by atoms with E-state index in [9.17, 15) is 0 Å². The highest BCUT2D eigenvalue weighted by molar-refractivity contribution is 5.57. The van der Waals surface area contributed by atoms with Crippen LogP contribution in [0.25, 0.3) is 0 Å². The fourth-order valence-electron chi connectivity index (χ4n) is 4.35. The summed E-state index contributed by atoms with van der Waals surface area (Å²) in [5.74, 6) is 4.39. The first-order valence-electron chi connectivity index (χ1n) is 9.74. The molecular weight excluding hydrogens is 308 g/mol. The van der Waals surface area contributed by atoms with Crippen LogP contribution in [0.5, 0.6) is 0 Å². The number of rotatable bonds is 5. The molecule has 4 heteroatoms. The van der Waals surface area contributed by atoms with Crippen LogP contribution in [0.4, 0.5) is 11.6 Å². The van der Waals surface area contributed by atoms with Crippen molar-refractivity contribution < 1.29 is 0 Å². The number of hydrogen-bond acceptors (Lipinski definition) is 4. The van der Waals surface area contributed by atoms with Gasteiger partial charge in [0.25, 0.3) is 0 Å². The molecule has 25 heavy (non-hydrogen) atoms. The van der Waals surface area contributed by atoms with E-state index in [1.807, 2.05) is 0 Å². The van der Waals surface area contributed by atoms with E-state index in [2.05, 4.69) is 54.4 Å². The Bertz CT molecular complexity index is 798. The van der Waals surface area contributed by atoms with E-state index in [1.54, 1.807) is 5.56 Å². The summed E-state index contributed by atoms with van der Waals surface area (Å²) >= 11 is 0. The molecule has 1 saturated carbocycles. The second-order valence-electron chi connectivity index (χ2n) is 7.93. The number of benzene rings is 1. The number of nitrogens with zero attached hydrogens (tertiary/aromatic N) is 3. The van der Waals surface area contributed by atoms with Gasteiger partial charge in [-0.3, -0.25) is 0 Å². The molecule has 2 fully saturated rings. The second kappa shape index (κ2) is 5.72. The SMILES string of the molecule is CC[C@H](C)Nc1cc(N2C[C@H]3C[C@H]2c2ccccc23)nc(C2CC2)n1. The molecule has 3 aliphatic rings. The maximum absolute atomic E-state index is 4.98. The molecule has 0 radical (unpaired) electrons. The lowest BCUT2D eigenvalue weighted by atomic mass is 9.99. The Hall–Kier alpha value is -2.10. The van der Waals surface area contributed by atoms with Crippen molar-refractivity contribution in [1.82, 2.24) is 9.97 Å². The third-order valence-corrected chi connectivity index (χ3v) is 6.07. The monoisotopic (exact) mass is 334 g/mol. The van der Waals surface area contributed by atoms with Crippen LogP contribution in [0.2, 0.25) is 0 Å². The van der Waals surface area contributed by atoms with Gasteiger partial charge in [-0.2, -0.15) is 0 Å². The molecule has 0 unspecified atom stereocenters. The van der Waals surface area contributed by atoms with Crippen LogP contribution in [0.3, 0.4) is 0 Å². The number of hydrogen-bond donors (Lipinski definition) is 1. The molecule has 4 nitrogen and oxygen atoms in total. The normalized spacial score (nSPS) is 25.1. The van der Waals surface area contributed by atoms with E-state index in [1.165, 1.54) is 24.8 Å². The molecule has 0 spiro atoms. The van der Waals surface area contributed by atoms with Crippen LogP contribution in [-0.4, -0.2) is 22.6 Å². The van der Waals surface area contributed by atoms with Crippen LogP contribution in [0.1, 0.15) is 74.4 Å². The zero-order chi connectivity index (χ0) is 17.0. The van der Waals surface area contributed by atoms with Gasteiger partial charge in [-0.1, -0.05) is 31.2 Å². The van der Waals surface area contributed by atoms with Crippen molar-refractivity contribution in [3.05, 3.63) is 47.3 Å². The quantitative estimate of drug-likeness (QED) is 0.867. The lowest BCUT2D eigenvalue weighted by Gasteiger charge is -2.30. The highest BCUT2D eigenvalue weighted by atomic mass is 15.3. The van der Waals surface area contributed by atoms with Crippen molar-refractivity contribution in [3.63, 3.8) is 0 Å². The highest BCUT2D eigenvalue weighted by Crippen LogP contribution is 2.51. The van der Waals surface area contributed by atoms with Crippen molar-refractivity contribution in [3.8, 4) is 0 Å². The number of fused-ring (bicyclic) bond motifs is 5. The van der Waals surface area contributed by atoms with Gasteiger partial charge < -0.3 is 10.2 Å². The molecule has 1 aliphatic heterocycles. The molecule has 2 aliphatic carbocycles. The summed E-state index contributed by atoms with van der Waals surface area (Å²) in [7, 11) is 0. The largest absolute Gasteiger partial charge is 0.367 e. The minimum absolute atomic E-state index is 0.436. The molecule has 1 N–H and O–H groups in total. The maximum Gasteiger partial charge on any atom is 0.136 e. The zero-order valence-electron chi connectivity index (χ0n) is 15.1. The summed E-state index contributed by atoms with van der Waals surface area (Å²) in [6, 6.07) is 12.0. The first-order valence-corrected chi connectivity index (χ1v) is 9.74. The van der Waals surface area contributed by atoms with E-state index >= 15 is 0 Å². The fourth-order valence-corrected chi connectivity index (χ4v) is 4.35. The molecule has 1 aromatic heterocycles. The summed E-state index contributed by atoms with van der Waals surface area (Å²) in [4.78, 5) is 12.3.